The fraction of sp³-hybridized carbons (Fsp3) is 0.316. The molecular weight excluding hydrogens is 306 g/mol. The summed E-state index contributed by atoms with van der Waals surface area (Å²) in [6.07, 6.45) is -0.531. The summed E-state index contributed by atoms with van der Waals surface area (Å²) in [7, 11) is 1.51. The average Bonchev–Trinajstić information content (AvgIpc) is 2.56. The summed E-state index contributed by atoms with van der Waals surface area (Å²) in [4.78, 5) is 11.6. The van der Waals surface area contributed by atoms with Gasteiger partial charge in [0.1, 0.15) is 23.9 Å². The molecule has 128 valence electrons. The lowest BCUT2D eigenvalue weighted by molar-refractivity contribution is 0.200. The van der Waals surface area contributed by atoms with Crippen LogP contribution < -0.4 is 19.5 Å². The van der Waals surface area contributed by atoms with E-state index in [-0.39, 0.29) is 6.61 Å². The van der Waals surface area contributed by atoms with Gasteiger partial charge in [-0.15, -0.1) is 0 Å². The summed E-state index contributed by atoms with van der Waals surface area (Å²) in [5.41, 5.74) is 2.93. The number of nitrogens with one attached hydrogen (secondary N) is 1. The van der Waals surface area contributed by atoms with Gasteiger partial charge >= 0.3 is 6.09 Å². The smallest absolute Gasteiger partial charge is 0.412 e. The predicted octanol–water partition coefficient (Wildman–Crippen LogP) is 4.00. The van der Waals surface area contributed by atoms with Crippen molar-refractivity contribution in [3.05, 3.63) is 53.1 Å². The van der Waals surface area contributed by atoms with Gasteiger partial charge in [-0.1, -0.05) is 23.8 Å². The van der Waals surface area contributed by atoms with E-state index in [1.165, 1.54) is 12.6 Å². The van der Waals surface area contributed by atoms with Crippen LogP contribution in [0.4, 0.5) is 4.79 Å². The Morgan fingerprint density at radius 3 is 2.46 bits per heavy atom. The van der Waals surface area contributed by atoms with Gasteiger partial charge in [0.05, 0.1) is 12.2 Å². The van der Waals surface area contributed by atoms with Crippen LogP contribution in [0.15, 0.2) is 36.4 Å². The second-order valence-corrected chi connectivity index (χ2v) is 5.36. The number of hydrogen-bond donors (Lipinski definition) is 1. The molecule has 0 unspecified atom stereocenters. The number of hydrogen-bond acceptors (Lipinski definition) is 4. The molecule has 5 nitrogen and oxygen atoms in total. The molecule has 0 atom stereocenters. The predicted molar refractivity (Wildman–Crippen MR) is 92.9 cm³/mol. The van der Waals surface area contributed by atoms with Gasteiger partial charge in [0.15, 0.2) is 0 Å². The van der Waals surface area contributed by atoms with Crippen molar-refractivity contribution in [3.63, 3.8) is 0 Å². The van der Waals surface area contributed by atoms with Gasteiger partial charge in [-0.2, -0.15) is 0 Å². The Balaban J connectivity index is 2.26. The molecule has 0 bridgehead atoms. The standard InChI is InChI=1S/C19H23NO4/c1-5-22-17-7-6-8-18(24-19(21)20-4)15(17)12-23-16-10-9-13(2)11-14(16)3/h6-11H,5,12H2,1-4H3,(H,20,21). The molecule has 0 aliphatic heterocycles. The van der Waals surface area contributed by atoms with Crippen LogP contribution in [0, 0.1) is 13.8 Å². The average molecular weight is 329 g/mol. The Hall–Kier alpha value is -2.69. The van der Waals surface area contributed by atoms with Crippen LogP contribution in [-0.4, -0.2) is 19.7 Å². The second-order valence-electron chi connectivity index (χ2n) is 5.36. The fourth-order valence-corrected chi connectivity index (χ4v) is 2.34. The highest BCUT2D eigenvalue weighted by Crippen LogP contribution is 2.31. The molecule has 0 saturated heterocycles. The monoisotopic (exact) mass is 329 g/mol. The molecule has 0 heterocycles. The lowest BCUT2D eigenvalue weighted by atomic mass is 10.1. The van der Waals surface area contributed by atoms with E-state index in [0.29, 0.717) is 23.7 Å². The zero-order valence-electron chi connectivity index (χ0n) is 14.5. The first-order valence-corrected chi connectivity index (χ1v) is 7.89. The maximum absolute atomic E-state index is 11.6. The second kappa shape index (κ2) is 8.24. The summed E-state index contributed by atoms with van der Waals surface area (Å²) < 4.78 is 16.9. The summed E-state index contributed by atoms with van der Waals surface area (Å²) >= 11 is 0. The molecule has 24 heavy (non-hydrogen) atoms. The number of rotatable bonds is 6. The van der Waals surface area contributed by atoms with E-state index in [1.54, 1.807) is 12.1 Å². The Kier molecular flexibility index (Phi) is 6.07. The van der Waals surface area contributed by atoms with Crippen molar-refractivity contribution in [2.45, 2.75) is 27.4 Å². The molecule has 2 aromatic carbocycles. The molecule has 1 N–H and O–H groups in total. The molecule has 0 saturated carbocycles. The molecule has 0 aliphatic rings. The van der Waals surface area contributed by atoms with Crippen molar-refractivity contribution in [3.8, 4) is 17.2 Å². The van der Waals surface area contributed by atoms with Crippen molar-refractivity contribution in [1.82, 2.24) is 5.32 Å². The Morgan fingerprint density at radius 2 is 1.79 bits per heavy atom. The van der Waals surface area contributed by atoms with E-state index in [4.69, 9.17) is 14.2 Å². The molecule has 2 aromatic rings. The SMILES string of the molecule is CCOc1cccc(OC(=O)NC)c1COc1ccc(C)cc1C. The zero-order valence-corrected chi connectivity index (χ0v) is 14.5. The first kappa shape index (κ1) is 17.7. The van der Waals surface area contributed by atoms with E-state index < -0.39 is 6.09 Å². The van der Waals surface area contributed by atoms with Gasteiger partial charge in [-0.3, -0.25) is 0 Å². The number of carbonyl (C=O) groups excluding carboxylic acids is 1. The summed E-state index contributed by atoms with van der Waals surface area (Å²) in [5, 5.41) is 2.44. The Morgan fingerprint density at radius 1 is 1.04 bits per heavy atom. The van der Waals surface area contributed by atoms with E-state index in [1.807, 2.05) is 39.0 Å². The molecule has 0 spiro atoms. The third-order valence-corrected chi connectivity index (χ3v) is 3.50. The van der Waals surface area contributed by atoms with Crippen LogP contribution in [0.1, 0.15) is 23.6 Å². The quantitative estimate of drug-likeness (QED) is 0.870. The minimum Gasteiger partial charge on any atom is -0.493 e. The minimum atomic E-state index is -0.531. The highest BCUT2D eigenvalue weighted by atomic mass is 16.6. The summed E-state index contributed by atoms with van der Waals surface area (Å²) in [6.45, 7) is 6.70. The molecule has 0 fully saturated rings. The zero-order chi connectivity index (χ0) is 17.5. The lowest BCUT2D eigenvalue weighted by Crippen LogP contribution is -2.23. The maximum atomic E-state index is 11.6. The van der Waals surface area contributed by atoms with Gasteiger partial charge in [0.25, 0.3) is 0 Å². The number of benzene rings is 2. The highest BCUT2D eigenvalue weighted by Gasteiger charge is 2.15. The third-order valence-electron chi connectivity index (χ3n) is 3.50. The van der Waals surface area contributed by atoms with Crippen molar-refractivity contribution in [2.75, 3.05) is 13.7 Å². The number of ether oxygens (including phenoxy) is 3. The molecule has 2 rings (SSSR count). The van der Waals surface area contributed by atoms with Crippen LogP contribution in [0.2, 0.25) is 0 Å². The minimum absolute atomic E-state index is 0.242. The van der Waals surface area contributed by atoms with Crippen LogP contribution in [0.3, 0.4) is 0 Å². The molecule has 0 aliphatic carbocycles. The molecule has 0 aromatic heterocycles. The summed E-state index contributed by atoms with van der Waals surface area (Å²) in [6, 6.07) is 11.3. The summed E-state index contributed by atoms with van der Waals surface area (Å²) in [5.74, 6) is 1.85. The van der Waals surface area contributed by atoms with Crippen LogP contribution in [0.25, 0.3) is 0 Å². The van der Waals surface area contributed by atoms with Crippen molar-refractivity contribution >= 4 is 6.09 Å². The van der Waals surface area contributed by atoms with Gasteiger partial charge < -0.3 is 19.5 Å². The van der Waals surface area contributed by atoms with Gasteiger partial charge in [-0.25, -0.2) is 4.79 Å². The first-order valence-electron chi connectivity index (χ1n) is 7.89. The van der Waals surface area contributed by atoms with E-state index in [9.17, 15) is 4.79 Å². The topological polar surface area (TPSA) is 56.8 Å². The highest BCUT2D eigenvalue weighted by molar-refractivity contribution is 5.70. The molecule has 1 amide bonds. The molecule has 0 radical (unpaired) electrons. The Bertz CT molecular complexity index is 713. The fourth-order valence-electron chi connectivity index (χ4n) is 2.34. The third kappa shape index (κ3) is 4.41. The number of amides is 1. The van der Waals surface area contributed by atoms with Crippen LogP contribution in [-0.2, 0) is 6.61 Å². The van der Waals surface area contributed by atoms with Gasteiger partial charge in [0, 0.05) is 7.05 Å². The number of aryl methyl sites for hydroxylation is 2. The van der Waals surface area contributed by atoms with E-state index >= 15 is 0 Å². The van der Waals surface area contributed by atoms with Crippen molar-refractivity contribution in [2.24, 2.45) is 0 Å². The van der Waals surface area contributed by atoms with Crippen LogP contribution in [0.5, 0.6) is 17.2 Å². The van der Waals surface area contributed by atoms with E-state index in [2.05, 4.69) is 11.4 Å². The Labute approximate surface area is 142 Å². The molecule has 5 heteroatoms. The first-order chi connectivity index (χ1) is 11.5. The normalized spacial score (nSPS) is 10.2. The van der Waals surface area contributed by atoms with Crippen molar-refractivity contribution < 1.29 is 19.0 Å². The largest absolute Gasteiger partial charge is 0.493 e. The lowest BCUT2D eigenvalue weighted by Gasteiger charge is -2.16. The maximum Gasteiger partial charge on any atom is 0.412 e. The van der Waals surface area contributed by atoms with Gasteiger partial charge in [-0.05, 0) is 44.5 Å². The number of carbonyl (C=O) groups is 1. The van der Waals surface area contributed by atoms with Crippen molar-refractivity contribution in [1.29, 1.82) is 0 Å². The van der Waals surface area contributed by atoms with Crippen LogP contribution >= 0.6 is 0 Å². The molecular formula is C19H23NO4. The van der Waals surface area contributed by atoms with E-state index in [0.717, 1.165) is 11.3 Å². The van der Waals surface area contributed by atoms with Gasteiger partial charge in [0.2, 0.25) is 0 Å².